The molecule has 0 saturated carbocycles. The van der Waals surface area contributed by atoms with Gasteiger partial charge in [-0.15, -0.1) is 0 Å². The number of benzene rings is 2. The molecule has 0 bridgehead atoms. The molecule has 2 aliphatic rings. The fourth-order valence-corrected chi connectivity index (χ4v) is 5.23. The number of carbonyl (C=O) groups excluding carboxylic acids is 4. The SMILES string of the molecule is CC(C)(C)OC(=O)N1CCN(CC(=O)Nc2ccc(N3C(=O)N(c4ccc(C#N)c(C(F)(F)F)c4)C(=O)C3(C)C)cc2Cl)CC1. The first kappa shape index (κ1) is 33.5. The van der Waals surface area contributed by atoms with Crippen molar-refractivity contribution in [2.24, 2.45) is 0 Å². The molecule has 2 aliphatic heterocycles. The summed E-state index contributed by atoms with van der Waals surface area (Å²) in [5.41, 5.74) is -3.96. The van der Waals surface area contributed by atoms with E-state index in [9.17, 15) is 32.3 Å². The molecule has 2 fully saturated rings. The van der Waals surface area contributed by atoms with Crippen molar-refractivity contribution in [3.63, 3.8) is 0 Å². The predicted octanol–water partition coefficient (Wildman–Crippen LogP) is 5.47. The van der Waals surface area contributed by atoms with Crippen molar-refractivity contribution in [2.45, 2.75) is 51.9 Å². The van der Waals surface area contributed by atoms with Gasteiger partial charge in [0.25, 0.3) is 5.91 Å². The van der Waals surface area contributed by atoms with Crippen molar-refractivity contribution in [1.82, 2.24) is 9.80 Å². The molecule has 2 aromatic carbocycles. The summed E-state index contributed by atoms with van der Waals surface area (Å²) in [6, 6.07) is 7.44. The van der Waals surface area contributed by atoms with Crippen LogP contribution in [0.25, 0.3) is 0 Å². The summed E-state index contributed by atoms with van der Waals surface area (Å²) < 4.78 is 46.1. The molecule has 0 atom stereocenters. The quantitative estimate of drug-likeness (QED) is 0.426. The van der Waals surface area contributed by atoms with E-state index in [4.69, 9.17) is 21.6 Å². The van der Waals surface area contributed by atoms with E-state index in [1.165, 1.54) is 38.1 Å². The number of hydrogen-bond donors (Lipinski definition) is 1. The van der Waals surface area contributed by atoms with Crippen LogP contribution in [-0.4, -0.2) is 77.6 Å². The molecular formula is C30H32ClF3N6O5. The topological polar surface area (TPSA) is 126 Å². The molecular weight excluding hydrogens is 617 g/mol. The van der Waals surface area contributed by atoms with Gasteiger partial charge in [-0.3, -0.25) is 19.4 Å². The Bertz CT molecular complexity index is 1580. The average molecular weight is 649 g/mol. The number of anilines is 3. The lowest BCUT2D eigenvalue weighted by atomic mass is 10.0. The van der Waals surface area contributed by atoms with Crippen LogP contribution < -0.4 is 15.1 Å². The van der Waals surface area contributed by atoms with E-state index in [1.54, 1.807) is 25.7 Å². The second kappa shape index (κ2) is 12.2. The van der Waals surface area contributed by atoms with Gasteiger partial charge in [0.15, 0.2) is 0 Å². The highest BCUT2D eigenvalue weighted by Gasteiger charge is 2.53. The molecule has 11 nitrogen and oxygen atoms in total. The summed E-state index contributed by atoms with van der Waals surface area (Å²) in [4.78, 5) is 57.1. The monoisotopic (exact) mass is 648 g/mol. The maximum absolute atomic E-state index is 13.6. The smallest absolute Gasteiger partial charge is 0.417 e. The Morgan fingerprint density at radius 1 is 1.02 bits per heavy atom. The molecule has 0 radical (unpaired) electrons. The standard InChI is InChI=1S/C30H32ClF3N6O5/c1-28(2,3)45-27(44)38-12-10-37(11-13-38)17-24(41)36-23-9-8-20(15-22(23)31)40-26(43)39(25(42)29(40,4)5)19-7-6-18(16-35)21(14-19)30(32,33)34/h6-9,14-15H,10-13,17H2,1-5H3,(H,36,41). The second-order valence-corrected chi connectivity index (χ2v) is 12.5. The fourth-order valence-electron chi connectivity index (χ4n) is 5.01. The summed E-state index contributed by atoms with van der Waals surface area (Å²) >= 11 is 6.46. The number of hydrogen-bond acceptors (Lipinski definition) is 7. The number of alkyl halides is 3. The zero-order chi connectivity index (χ0) is 33.5. The summed E-state index contributed by atoms with van der Waals surface area (Å²) in [5.74, 6) is -1.15. The number of carbonyl (C=O) groups is 4. The van der Waals surface area contributed by atoms with Gasteiger partial charge in [-0.25, -0.2) is 14.5 Å². The van der Waals surface area contributed by atoms with Crippen molar-refractivity contribution in [3.05, 3.63) is 52.5 Å². The minimum Gasteiger partial charge on any atom is -0.444 e. The summed E-state index contributed by atoms with van der Waals surface area (Å²) in [6.07, 6.45) is -5.30. The van der Waals surface area contributed by atoms with Crippen molar-refractivity contribution >= 4 is 52.6 Å². The van der Waals surface area contributed by atoms with Crippen molar-refractivity contribution in [3.8, 4) is 6.07 Å². The van der Waals surface area contributed by atoms with Gasteiger partial charge in [-0.1, -0.05) is 11.6 Å². The average Bonchev–Trinajstić information content (AvgIpc) is 3.11. The molecule has 240 valence electrons. The van der Waals surface area contributed by atoms with Crippen molar-refractivity contribution in [1.29, 1.82) is 5.26 Å². The Labute approximate surface area is 263 Å². The third kappa shape index (κ3) is 7.15. The van der Waals surface area contributed by atoms with Gasteiger partial charge >= 0.3 is 18.3 Å². The van der Waals surface area contributed by atoms with Crippen LogP contribution in [0, 0.1) is 11.3 Å². The van der Waals surface area contributed by atoms with Gasteiger partial charge < -0.3 is 15.0 Å². The van der Waals surface area contributed by atoms with E-state index < -0.39 is 46.5 Å². The normalized spacial score (nSPS) is 17.4. The third-order valence-electron chi connectivity index (χ3n) is 7.23. The molecule has 0 aromatic heterocycles. The highest BCUT2D eigenvalue weighted by atomic mass is 35.5. The number of ether oxygens (including phenoxy) is 1. The van der Waals surface area contributed by atoms with E-state index in [1.807, 2.05) is 4.90 Å². The Hall–Kier alpha value is -4.35. The molecule has 5 amide bonds. The van der Waals surface area contributed by atoms with Crippen LogP contribution in [0.1, 0.15) is 45.7 Å². The minimum absolute atomic E-state index is 0.0336. The molecule has 0 aliphatic carbocycles. The van der Waals surface area contributed by atoms with Crippen LogP contribution in [0.2, 0.25) is 5.02 Å². The maximum atomic E-state index is 13.6. The number of nitrogens with zero attached hydrogens (tertiary/aromatic N) is 5. The number of amides is 5. The number of nitriles is 1. The van der Waals surface area contributed by atoms with Crippen molar-refractivity contribution in [2.75, 3.05) is 47.8 Å². The van der Waals surface area contributed by atoms with Crippen LogP contribution >= 0.6 is 11.6 Å². The van der Waals surface area contributed by atoms with Gasteiger partial charge in [0.2, 0.25) is 5.91 Å². The number of rotatable bonds is 5. The van der Waals surface area contributed by atoms with E-state index in [0.717, 1.165) is 17.0 Å². The van der Waals surface area contributed by atoms with E-state index in [0.29, 0.717) is 37.1 Å². The lowest BCUT2D eigenvalue weighted by molar-refractivity contribution is -0.137. The number of urea groups is 1. The first-order valence-corrected chi connectivity index (χ1v) is 14.3. The Morgan fingerprint density at radius 2 is 1.64 bits per heavy atom. The van der Waals surface area contributed by atoms with Gasteiger partial charge in [-0.05, 0) is 71.0 Å². The summed E-state index contributed by atoms with van der Waals surface area (Å²) in [7, 11) is 0. The first-order chi connectivity index (χ1) is 20.8. The third-order valence-corrected chi connectivity index (χ3v) is 7.54. The van der Waals surface area contributed by atoms with E-state index in [2.05, 4.69) is 5.32 Å². The number of nitrogens with one attached hydrogen (secondary N) is 1. The van der Waals surface area contributed by atoms with Gasteiger partial charge in [-0.2, -0.15) is 18.4 Å². The summed E-state index contributed by atoms with van der Waals surface area (Å²) in [6.45, 7) is 9.98. The lowest BCUT2D eigenvalue weighted by Gasteiger charge is -2.35. The zero-order valence-corrected chi connectivity index (χ0v) is 26.0. The molecule has 2 aromatic rings. The highest BCUT2D eigenvalue weighted by Crippen LogP contribution is 2.40. The number of piperazine rings is 1. The van der Waals surface area contributed by atoms with Gasteiger partial charge in [0, 0.05) is 31.9 Å². The van der Waals surface area contributed by atoms with Gasteiger partial charge in [0.05, 0.1) is 40.1 Å². The maximum Gasteiger partial charge on any atom is 0.417 e. The predicted molar refractivity (Wildman–Crippen MR) is 160 cm³/mol. The fraction of sp³-hybridized carbons (Fsp3) is 0.433. The van der Waals surface area contributed by atoms with Crippen LogP contribution in [0.3, 0.4) is 0 Å². The van der Waals surface area contributed by atoms with Crippen molar-refractivity contribution < 1.29 is 37.1 Å². The molecule has 2 heterocycles. The number of halogens is 4. The van der Waals surface area contributed by atoms with E-state index in [-0.39, 0.29) is 34.5 Å². The highest BCUT2D eigenvalue weighted by molar-refractivity contribution is 6.35. The zero-order valence-electron chi connectivity index (χ0n) is 25.3. The van der Waals surface area contributed by atoms with Crippen LogP contribution in [0.15, 0.2) is 36.4 Å². The lowest BCUT2D eigenvalue weighted by Crippen LogP contribution is -2.51. The van der Waals surface area contributed by atoms with E-state index >= 15 is 0 Å². The largest absolute Gasteiger partial charge is 0.444 e. The minimum atomic E-state index is -4.88. The molecule has 15 heteroatoms. The first-order valence-electron chi connectivity index (χ1n) is 13.9. The molecule has 45 heavy (non-hydrogen) atoms. The molecule has 2 saturated heterocycles. The van der Waals surface area contributed by atoms with Crippen LogP contribution in [0.4, 0.5) is 39.8 Å². The Morgan fingerprint density at radius 3 is 2.20 bits per heavy atom. The number of imide groups is 1. The summed E-state index contributed by atoms with van der Waals surface area (Å²) in [5, 5.41) is 11.9. The Kier molecular flexibility index (Phi) is 9.10. The van der Waals surface area contributed by atoms with Crippen LogP contribution in [0.5, 0.6) is 0 Å². The molecule has 1 N–H and O–H groups in total. The molecule has 4 rings (SSSR count). The van der Waals surface area contributed by atoms with Crippen LogP contribution in [-0.2, 0) is 20.5 Å². The second-order valence-electron chi connectivity index (χ2n) is 12.1. The molecule has 0 spiro atoms. The molecule has 0 unspecified atom stereocenters. The Balaban J connectivity index is 1.45. The van der Waals surface area contributed by atoms with Gasteiger partial charge in [0.1, 0.15) is 11.1 Å².